The number of benzene rings is 2. The van der Waals surface area contributed by atoms with E-state index >= 15 is 0 Å². The van der Waals surface area contributed by atoms with Crippen LogP contribution in [0, 0.1) is 5.41 Å². The number of nitrogens with two attached hydrogens (primary N) is 1. The molecule has 0 saturated carbocycles. The van der Waals surface area contributed by atoms with E-state index in [-0.39, 0.29) is 0 Å². The molecule has 4 rings (SSSR count). The van der Waals surface area contributed by atoms with Gasteiger partial charge in [-0.2, -0.15) is 0 Å². The van der Waals surface area contributed by atoms with Crippen LogP contribution in [0.1, 0.15) is 16.1 Å². The first-order valence-electron chi connectivity index (χ1n) is 9.15. The summed E-state index contributed by atoms with van der Waals surface area (Å²) < 4.78 is 11.2. The van der Waals surface area contributed by atoms with E-state index < -0.39 is 0 Å². The fourth-order valence-electron chi connectivity index (χ4n) is 2.91. The Kier molecular flexibility index (Phi) is 5.82. The molecule has 0 aliphatic heterocycles. The number of nitrogens with one attached hydrogen (secondary N) is 2. The van der Waals surface area contributed by atoms with Gasteiger partial charge in [-0.15, -0.1) is 0 Å². The average Bonchev–Trinajstić information content (AvgIpc) is 3.19. The van der Waals surface area contributed by atoms with Crippen LogP contribution in [0.25, 0.3) is 10.3 Å². The molecule has 4 N–H and O–H groups in total. The minimum atomic E-state index is 0.387. The van der Waals surface area contributed by atoms with Crippen LogP contribution in [0.3, 0.4) is 0 Å². The van der Waals surface area contributed by atoms with Gasteiger partial charge in [0.15, 0.2) is 5.82 Å². The van der Waals surface area contributed by atoms with E-state index in [1.165, 1.54) is 23.9 Å². The summed E-state index contributed by atoms with van der Waals surface area (Å²) in [6.07, 6.45) is 2.68. The molecular weight excluding hydrogens is 400 g/mol. The molecule has 0 unspecified atom stereocenters. The second kappa shape index (κ2) is 8.85. The van der Waals surface area contributed by atoms with Crippen molar-refractivity contribution in [1.82, 2.24) is 15.0 Å². The molecule has 4 aromatic rings. The number of nitrogen functional groups attached to an aromatic ring is 1. The smallest absolute Gasteiger partial charge is 0.161 e. The van der Waals surface area contributed by atoms with Crippen molar-refractivity contribution in [3.63, 3.8) is 0 Å². The highest BCUT2D eigenvalue weighted by molar-refractivity contribution is 7.18. The van der Waals surface area contributed by atoms with E-state index in [1.54, 1.807) is 19.2 Å². The van der Waals surface area contributed by atoms with Crippen LogP contribution in [0.4, 0.5) is 17.2 Å². The van der Waals surface area contributed by atoms with Crippen LogP contribution in [-0.4, -0.2) is 28.3 Å². The molecule has 0 spiro atoms. The van der Waals surface area contributed by atoms with Crippen molar-refractivity contribution in [2.24, 2.45) is 0 Å². The summed E-state index contributed by atoms with van der Waals surface area (Å²) in [5.41, 5.74) is 9.39. The second-order valence-electron chi connectivity index (χ2n) is 6.41. The fraction of sp³-hybridized carbons (Fsp3) is 0.143. The van der Waals surface area contributed by atoms with Crippen molar-refractivity contribution in [2.45, 2.75) is 13.2 Å². The minimum absolute atomic E-state index is 0.387. The van der Waals surface area contributed by atoms with Gasteiger partial charge < -0.3 is 25.9 Å². The molecule has 8 nitrogen and oxygen atoms in total. The fourth-order valence-corrected chi connectivity index (χ4v) is 3.75. The van der Waals surface area contributed by atoms with E-state index in [0.29, 0.717) is 47.2 Å². The maximum atomic E-state index is 7.53. The monoisotopic (exact) mass is 420 g/mol. The van der Waals surface area contributed by atoms with Crippen LogP contribution >= 0.6 is 11.3 Å². The van der Waals surface area contributed by atoms with Gasteiger partial charge in [0.25, 0.3) is 0 Å². The quantitative estimate of drug-likeness (QED) is 0.289. The molecule has 152 valence electrons. The Bertz CT molecular complexity index is 1180. The Morgan fingerprint density at radius 2 is 2.00 bits per heavy atom. The van der Waals surface area contributed by atoms with Gasteiger partial charge in [-0.25, -0.2) is 15.0 Å². The van der Waals surface area contributed by atoms with Crippen LogP contribution in [0.2, 0.25) is 0 Å². The molecule has 0 saturated heterocycles. The van der Waals surface area contributed by atoms with E-state index in [9.17, 15) is 0 Å². The topological polar surface area (TPSA) is 119 Å². The summed E-state index contributed by atoms with van der Waals surface area (Å²) in [6, 6.07) is 13.4. The highest BCUT2D eigenvalue weighted by Gasteiger charge is 2.14. The zero-order valence-electron chi connectivity index (χ0n) is 16.3. The Balaban J connectivity index is 1.56. The van der Waals surface area contributed by atoms with E-state index in [2.05, 4.69) is 20.3 Å². The van der Waals surface area contributed by atoms with Crippen molar-refractivity contribution in [1.29, 1.82) is 5.41 Å². The first kappa shape index (κ1) is 19.7. The van der Waals surface area contributed by atoms with Gasteiger partial charge in [-0.05, 0) is 11.6 Å². The number of thiazole rings is 1. The summed E-state index contributed by atoms with van der Waals surface area (Å²) >= 11 is 1.46. The summed E-state index contributed by atoms with van der Waals surface area (Å²) in [5.74, 6) is 1.09. The van der Waals surface area contributed by atoms with E-state index in [4.69, 9.17) is 20.6 Å². The molecule has 0 atom stereocenters. The lowest BCUT2D eigenvalue weighted by Gasteiger charge is -2.13. The van der Waals surface area contributed by atoms with Crippen molar-refractivity contribution in [3.05, 3.63) is 64.9 Å². The number of nitrogens with zero attached hydrogens (tertiary/aromatic N) is 3. The van der Waals surface area contributed by atoms with Gasteiger partial charge >= 0.3 is 0 Å². The SMILES string of the molecule is COc1cc(N)c(C=N)cc1Nc1ncnc2sc(COCc3ccccc3)nc12. The summed E-state index contributed by atoms with van der Waals surface area (Å²) in [6.45, 7) is 0.904. The summed E-state index contributed by atoms with van der Waals surface area (Å²) in [5, 5.41) is 11.6. The third kappa shape index (κ3) is 4.22. The van der Waals surface area contributed by atoms with Crippen molar-refractivity contribution < 1.29 is 9.47 Å². The lowest BCUT2D eigenvalue weighted by molar-refractivity contribution is 0.107. The predicted octanol–water partition coefficient (Wildman–Crippen LogP) is 4.14. The highest BCUT2D eigenvalue weighted by Crippen LogP contribution is 2.34. The lowest BCUT2D eigenvalue weighted by atomic mass is 10.1. The molecule has 0 aliphatic carbocycles. The first-order chi connectivity index (χ1) is 14.7. The van der Waals surface area contributed by atoms with E-state index in [1.807, 2.05) is 30.3 Å². The standard InChI is InChI=1S/C21H20N6O2S/c1-28-17-8-15(23)14(9-22)7-16(17)26-20-19-21(25-12-24-20)30-18(27-19)11-29-10-13-5-3-2-4-6-13/h2-9,12,22H,10-11,23H2,1H3,(H,24,25,26). The van der Waals surface area contributed by atoms with Crippen LogP contribution in [-0.2, 0) is 18.0 Å². The van der Waals surface area contributed by atoms with Gasteiger partial charge in [0.05, 0.1) is 26.0 Å². The Labute approximate surface area is 177 Å². The molecule has 2 heterocycles. The van der Waals surface area contributed by atoms with E-state index in [0.717, 1.165) is 15.4 Å². The van der Waals surface area contributed by atoms with Gasteiger partial charge in [0.2, 0.25) is 0 Å². The molecule has 2 aromatic heterocycles. The number of anilines is 3. The maximum absolute atomic E-state index is 7.53. The van der Waals surface area contributed by atoms with Crippen LogP contribution < -0.4 is 15.8 Å². The molecule has 0 bridgehead atoms. The van der Waals surface area contributed by atoms with Crippen molar-refractivity contribution in [3.8, 4) is 5.75 Å². The van der Waals surface area contributed by atoms with Gasteiger partial charge in [0, 0.05) is 23.5 Å². The molecular formula is C21H20N6O2S. The van der Waals surface area contributed by atoms with Crippen molar-refractivity contribution >= 4 is 45.1 Å². The third-order valence-corrected chi connectivity index (χ3v) is 5.33. The molecule has 2 aromatic carbocycles. The number of hydrogen-bond acceptors (Lipinski definition) is 9. The van der Waals surface area contributed by atoms with Crippen LogP contribution in [0.5, 0.6) is 5.75 Å². The van der Waals surface area contributed by atoms with Crippen molar-refractivity contribution in [2.75, 3.05) is 18.2 Å². The Hall–Kier alpha value is -3.56. The minimum Gasteiger partial charge on any atom is -0.494 e. The number of methoxy groups -OCH3 is 1. The number of ether oxygens (including phenoxy) is 2. The second-order valence-corrected chi connectivity index (χ2v) is 7.47. The largest absolute Gasteiger partial charge is 0.494 e. The normalized spacial score (nSPS) is 10.8. The molecule has 0 amide bonds. The first-order valence-corrected chi connectivity index (χ1v) is 9.96. The Morgan fingerprint density at radius 1 is 1.17 bits per heavy atom. The predicted molar refractivity (Wildman–Crippen MR) is 119 cm³/mol. The molecule has 0 radical (unpaired) electrons. The van der Waals surface area contributed by atoms with Gasteiger partial charge in [0.1, 0.15) is 27.4 Å². The Morgan fingerprint density at radius 3 is 2.77 bits per heavy atom. The zero-order valence-corrected chi connectivity index (χ0v) is 17.1. The van der Waals surface area contributed by atoms with Crippen LogP contribution in [0.15, 0.2) is 48.8 Å². The summed E-state index contributed by atoms with van der Waals surface area (Å²) in [7, 11) is 1.56. The number of rotatable bonds is 8. The molecule has 30 heavy (non-hydrogen) atoms. The number of hydrogen-bond donors (Lipinski definition) is 3. The highest BCUT2D eigenvalue weighted by atomic mass is 32.1. The lowest BCUT2D eigenvalue weighted by Crippen LogP contribution is -2.02. The maximum Gasteiger partial charge on any atom is 0.161 e. The third-order valence-electron chi connectivity index (χ3n) is 4.39. The average molecular weight is 420 g/mol. The zero-order chi connectivity index (χ0) is 20.9. The van der Waals surface area contributed by atoms with Gasteiger partial charge in [-0.3, -0.25) is 0 Å². The molecule has 0 aliphatic rings. The van der Waals surface area contributed by atoms with Gasteiger partial charge in [-0.1, -0.05) is 41.7 Å². The summed E-state index contributed by atoms with van der Waals surface area (Å²) in [4.78, 5) is 14.1. The molecule has 0 fully saturated rings. The number of fused-ring (bicyclic) bond motifs is 1. The number of aromatic nitrogens is 3. The molecule has 9 heteroatoms.